The fourth-order valence-corrected chi connectivity index (χ4v) is 2.74. The normalized spacial score (nSPS) is 21.0. The Morgan fingerprint density at radius 3 is 2.62 bits per heavy atom. The minimum absolute atomic E-state index is 0.186. The molecule has 0 bridgehead atoms. The highest BCUT2D eigenvalue weighted by atomic mass is 35.5. The first-order valence-electron chi connectivity index (χ1n) is 6.98. The van der Waals surface area contributed by atoms with Gasteiger partial charge in [0.25, 0.3) is 0 Å². The summed E-state index contributed by atoms with van der Waals surface area (Å²) in [4.78, 5) is 23.3. The van der Waals surface area contributed by atoms with E-state index >= 15 is 0 Å². The largest absolute Gasteiger partial charge is 0.481 e. The average Bonchev–Trinajstić information content (AvgIpc) is 2.47. The van der Waals surface area contributed by atoms with E-state index in [2.05, 4.69) is 5.32 Å². The summed E-state index contributed by atoms with van der Waals surface area (Å²) in [5, 5.41) is 12.7. The van der Waals surface area contributed by atoms with Crippen molar-refractivity contribution < 1.29 is 14.7 Å². The lowest BCUT2D eigenvalue weighted by molar-refractivity contribution is -0.147. The van der Waals surface area contributed by atoms with Crippen LogP contribution in [0.3, 0.4) is 0 Å². The Morgan fingerprint density at radius 2 is 1.95 bits per heavy atom. The van der Waals surface area contributed by atoms with Crippen molar-refractivity contribution in [1.82, 2.24) is 5.32 Å². The number of carbonyl (C=O) groups is 2. The van der Waals surface area contributed by atoms with Crippen molar-refractivity contribution in [3.63, 3.8) is 0 Å². The van der Waals surface area contributed by atoms with E-state index in [4.69, 9.17) is 16.7 Å². The van der Waals surface area contributed by atoms with Gasteiger partial charge in [-0.25, -0.2) is 0 Å². The standard InChI is InChI=1S/C16H18ClNO3/c17-12-5-3-4-11(10-12)8-9-18-15(19)13-6-1-2-7-14(13)16(20)21/h1-5,10,13-14H,6-9H2,(H,18,19)(H,20,21)/t13-,14+/m0/s1. The Labute approximate surface area is 128 Å². The summed E-state index contributed by atoms with van der Waals surface area (Å²) < 4.78 is 0. The molecule has 1 aromatic rings. The fraction of sp³-hybridized carbons (Fsp3) is 0.375. The summed E-state index contributed by atoms with van der Waals surface area (Å²) in [6.07, 6.45) is 5.28. The van der Waals surface area contributed by atoms with Crippen LogP contribution in [0.15, 0.2) is 36.4 Å². The van der Waals surface area contributed by atoms with Crippen molar-refractivity contribution in [3.05, 3.63) is 47.0 Å². The summed E-state index contributed by atoms with van der Waals surface area (Å²) in [5.41, 5.74) is 1.04. The van der Waals surface area contributed by atoms with Crippen molar-refractivity contribution in [1.29, 1.82) is 0 Å². The van der Waals surface area contributed by atoms with E-state index in [0.717, 1.165) is 5.56 Å². The number of aliphatic carboxylic acids is 1. The van der Waals surface area contributed by atoms with Gasteiger partial charge < -0.3 is 10.4 Å². The molecule has 0 unspecified atom stereocenters. The summed E-state index contributed by atoms with van der Waals surface area (Å²) in [6, 6.07) is 7.47. The second kappa shape index (κ2) is 7.27. The van der Waals surface area contributed by atoms with E-state index in [1.807, 2.05) is 30.4 Å². The lowest BCUT2D eigenvalue weighted by Crippen LogP contribution is -2.39. The van der Waals surface area contributed by atoms with Gasteiger partial charge in [0.2, 0.25) is 5.91 Å². The minimum Gasteiger partial charge on any atom is -0.481 e. The summed E-state index contributed by atoms with van der Waals surface area (Å²) in [5.74, 6) is -2.20. The minimum atomic E-state index is -0.908. The molecule has 2 rings (SSSR count). The Morgan fingerprint density at radius 1 is 1.24 bits per heavy atom. The number of benzene rings is 1. The molecule has 0 saturated heterocycles. The molecular weight excluding hydrogens is 290 g/mol. The zero-order valence-electron chi connectivity index (χ0n) is 11.6. The molecule has 0 fully saturated rings. The van der Waals surface area contributed by atoms with Gasteiger partial charge in [0.1, 0.15) is 0 Å². The average molecular weight is 308 g/mol. The maximum atomic E-state index is 12.1. The molecule has 1 aliphatic carbocycles. The number of allylic oxidation sites excluding steroid dienone is 2. The second-order valence-corrected chi connectivity index (χ2v) is 5.60. The van der Waals surface area contributed by atoms with Gasteiger partial charge in [-0.1, -0.05) is 35.9 Å². The van der Waals surface area contributed by atoms with Crippen LogP contribution in [0.1, 0.15) is 18.4 Å². The second-order valence-electron chi connectivity index (χ2n) is 5.16. The van der Waals surface area contributed by atoms with Gasteiger partial charge in [0, 0.05) is 11.6 Å². The maximum Gasteiger partial charge on any atom is 0.307 e. The zero-order valence-corrected chi connectivity index (χ0v) is 12.3. The van der Waals surface area contributed by atoms with E-state index < -0.39 is 17.8 Å². The predicted molar refractivity (Wildman–Crippen MR) is 81.2 cm³/mol. The molecule has 21 heavy (non-hydrogen) atoms. The van der Waals surface area contributed by atoms with Crippen LogP contribution < -0.4 is 5.32 Å². The first-order valence-corrected chi connectivity index (χ1v) is 7.35. The van der Waals surface area contributed by atoms with Crippen LogP contribution in [0.2, 0.25) is 5.02 Å². The van der Waals surface area contributed by atoms with E-state index in [0.29, 0.717) is 30.8 Å². The highest BCUT2D eigenvalue weighted by molar-refractivity contribution is 6.30. The number of halogens is 1. The molecule has 112 valence electrons. The van der Waals surface area contributed by atoms with E-state index in [1.54, 1.807) is 6.07 Å². The van der Waals surface area contributed by atoms with Crippen molar-refractivity contribution >= 4 is 23.5 Å². The van der Waals surface area contributed by atoms with E-state index in [-0.39, 0.29) is 5.91 Å². The number of carboxylic acid groups (broad SMARTS) is 1. The molecule has 0 spiro atoms. The van der Waals surface area contributed by atoms with E-state index in [1.165, 1.54) is 0 Å². The Hall–Kier alpha value is -1.81. The summed E-state index contributed by atoms with van der Waals surface area (Å²) in [6.45, 7) is 0.478. The molecule has 5 heteroatoms. The SMILES string of the molecule is O=C(NCCc1cccc(Cl)c1)[C@H]1CC=CC[C@H]1C(=O)O. The van der Waals surface area contributed by atoms with Gasteiger partial charge >= 0.3 is 5.97 Å². The number of carbonyl (C=O) groups excluding carboxylic acids is 1. The van der Waals surface area contributed by atoms with Crippen molar-refractivity contribution in [2.75, 3.05) is 6.54 Å². The van der Waals surface area contributed by atoms with Crippen LogP contribution in [0.5, 0.6) is 0 Å². The molecule has 4 nitrogen and oxygen atoms in total. The van der Waals surface area contributed by atoms with Crippen LogP contribution in [-0.4, -0.2) is 23.5 Å². The van der Waals surface area contributed by atoms with Crippen LogP contribution in [0.4, 0.5) is 0 Å². The molecule has 0 radical (unpaired) electrons. The van der Waals surface area contributed by atoms with Crippen molar-refractivity contribution in [3.8, 4) is 0 Å². The number of hydrogen-bond donors (Lipinski definition) is 2. The molecule has 1 aliphatic rings. The van der Waals surface area contributed by atoms with E-state index in [9.17, 15) is 9.59 Å². The topological polar surface area (TPSA) is 66.4 Å². The molecule has 2 atom stereocenters. The molecule has 1 aromatic carbocycles. The van der Waals surface area contributed by atoms with Gasteiger partial charge in [-0.2, -0.15) is 0 Å². The van der Waals surface area contributed by atoms with Gasteiger partial charge in [-0.3, -0.25) is 9.59 Å². The van der Waals surface area contributed by atoms with Gasteiger partial charge in [-0.15, -0.1) is 0 Å². The summed E-state index contributed by atoms with van der Waals surface area (Å²) >= 11 is 5.90. The summed E-state index contributed by atoms with van der Waals surface area (Å²) in [7, 11) is 0. The number of rotatable bonds is 5. The van der Waals surface area contributed by atoms with Crippen molar-refractivity contribution in [2.24, 2.45) is 11.8 Å². The van der Waals surface area contributed by atoms with Gasteiger partial charge in [0.15, 0.2) is 0 Å². The lowest BCUT2D eigenvalue weighted by atomic mass is 9.82. The third-order valence-electron chi connectivity index (χ3n) is 3.69. The van der Waals surface area contributed by atoms with Gasteiger partial charge in [-0.05, 0) is 37.0 Å². The highest BCUT2D eigenvalue weighted by Crippen LogP contribution is 2.26. The molecular formula is C16H18ClNO3. The van der Waals surface area contributed by atoms with Crippen molar-refractivity contribution in [2.45, 2.75) is 19.3 Å². The van der Waals surface area contributed by atoms with Crippen LogP contribution in [-0.2, 0) is 16.0 Å². The highest BCUT2D eigenvalue weighted by Gasteiger charge is 2.33. The molecule has 1 amide bonds. The Bertz CT molecular complexity index is 556. The zero-order chi connectivity index (χ0) is 15.2. The van der Waals surface area contributed by atoms with Gasteiger partial charge in [0.05, 0.1) is 11.8 Å². The molecule has 0 aliphatic heterocycles. The Balaban J connectivity index is 1.86. The van der Waals surface area contributed by atoms with Crippen LogP contribution in [0, 0.1) is 11.8 Å². The van der Waals surface area contributed by atoms with Crippen LogP contribution in [0.25, 0.3) is 0 Å². The molecule has 0 heterocycles. The first-order chi connectivity index (χ1) is 10.1. The third kappa shape index (κ3) is 4.33. The quantitative estimate of drug-likeness (QED) is 0.822. The molecule has 2 N–H and O–H groups in total. The third-order valence-corrected chi connectivity index (χ3v) is 3.92. The smallest absolute Gasteiger partial charge is 0.307 e. The maximum absolute atomic E-state index is 12.1. The number of carboxylic acids is 1. The number of nitrogens with one attached hydrogen (secondary N) is 1. The Kier molecular flexibility index (Phi) is 5.39. The number of amides is 1. The monoisotopic (exact) mass is 307 g/mol. The first kappa shape index (κ1) is 15.6. The fourth-order valence-electron chi connectivity index (χ4n) is 2.53. The molecule has 0 aromatic heterocycles. The lowest BCUT2D eigenvalue weighted by Gasteiger charge is -2.24. The number of hydrogen-bond acceptors (Lipinski definition) is 2. The molecule has 0 saturated carbocycles. The predicted octanol–water partition coefficient (Wildman–Crippen LogP) is 2.67. The van der Waals surface area contributed by atoms with Crippen LogP contribution >= 0.6 is 11.6 Å².